The lowest BCUT2D eigenvalue weighted by Crippen LogP contribution is -2.16. The van der Waals surface area contributed by atoms with E-state index in [-0.39, 0.29) is 5.41 Å². The van der Waals surface area contributed by atoms with E-state index in [4.69, 9.17) is 8.83 Å². The van der Waals surface area contributed by atoms with E-state index in [2.05, 4.69) is 213 Å². The highest BCUT2D eigenvalue weighted by Gasteiger charge is 2.37. The Balaban J connectivity index is 0.992. The number of benzene rings is 10. The summed E-state index contributed by atoms with van der Waals surface area (Å²) in [5.74, 6) is 0. The van der Waals surface area contributed by atoms with Crippen molar-refractivity contribution < 1.29 is 8.83 Å². The Hall–Kier alpha value is -8.14. The molecule has 302 valence electrons. The van der Waals surface area contributed by atoms with Crippen molar-refractivity contribution in [2.45, 2.75) is 19.3 Å². The summed E-state index contributed by atoms with van der Waals surface area (Å²) in [4.78, 5) is 2.47. The number of anilines is 3. The van der Waals surface area contributed by atoms with Gasteiger partial charge in [0.15, 0.2) is 0 Å². The molecule has 0 amide bonds. The maximum absolute atomic E-state index is 6.41. The van der Waals surface area contributed by atoms with Crippen molar-refractivity contribution in [2.75, 3.05) is 4.90 Å². The molecule has 3 nitrogen and oxygen atoms in total. The van der Waals surface area contributed by atoms with Crippen LogP contribution in [0.25, 0.3) is 99.2 Å². The fourth-order valence-corrected chi connectivity index (χ4v) is 10.6. The lowest BCUT2D eigenvalue weighted by Gasteiger charge is -2.29. The largest absolute Gasteiger partial charge is 0.456 e. The minimum Gasteiger partial charge on any atom is -0.456 e. The zero-order valence-electron chi connectivity index (χ0n) is 35.5. The second-order valence-electron chi connectivity index (χ2n) is 17.6. The molecule has 0 fully saturated rings. The van der Waals surface area contributed by atoms with Crippen molar-refractivity contribution in [3.05, 3.63) is 223 Å². The van der Waals surface area contributed by atoms with Crippen LogP contribution in [0.1, 0.15) is 25.0 Å². The van der Waals surface area contributed by atoms with Crippen molar-refractivity contribution >= 4 is 71.7 Å². The first-order valence-electron chi connectivity index (χ1n) is 22.1. The number of hydrogen-bond donors (Lipinski definition) is 0. The third-order valence-electron chi connectivity index (χ3n) is 13.6. The quantitative estimate of drug-likeness (QED) is 0.167. The molecule has 0 saturated carbocycles. The number of para-hydroxylation sites is 2. The maximum Gasteiger partial charge on any atom is 0.136 e. The molecule has 0 saturated heterocycles. The second-order valence-corrected chi connectivity index (χ2v) is 17.6. The Morgan fingerprint density at radius 1 is 0.359 bits per heavy atom. The highest BCUT2D eigenvalue weighted by Crippen LogP contribution is 2.54. The zero-order chi connectivity index (χ0) is 42.5. The van der Waals surface area contributed by atoms with Gasteiger partial charge >= 0.3 is 0 Å². The van der Waals surface area contributed by atoms with E-state index in [0.29, 0.717) is 0 Å². The Morgan fingerprint density at radius 2 is 0.922 bits per heavy atom. The summed E-state index contributed by atoms with van der Waals surface area (Å²) >= 11 is 0. The minimum absolute atomic E-state index is 0.148. The summed E-state index contributed by atoms with van der Waals surface area (Å²) < 4.78 is 12.6. The molecule has 2 aromatic heterocycles. The Kier molecular flexibility index (Phi) is 7.95. The van der Waals surface area contributed by atoms with E-state index >= 15 is 0 Å². The van der Waals surface area contributed by atoms with Crippen molar-refractivity contribution in [3.63, 3.8) is 0 Å². The number of nitrogens with zero attached hydrogens (tertiary/aromatic N) is 1. The standard InChI is InChI=1S/C61H41NO2/c1-61(2)51-25-6-3-22-48(51)59-52(61)26-13-27-53(59)62(45-20-11-18-43(36-45)46-24-12-14-38-30-33-57-60(58(38)46)49-23-5-8-29-55(49)64-57)44-19-10-17-41(35-44)39-15-9-16-40(34-39)42-31-32-56-50(37-42)47-21-4-7-28-54(47)63-56/h3-37H,1-2H3. The molecule has 2 heterocycles. The molecule has 64 heavy (non-hydrogen) atoms. The summed E-state index contributed by atoms with van der Waals surface area (Å²) in [5.41, 5.74) is 19.0. The van der Waals surface area contributed by atoms with Crippen LogP contribution in [0.15, 0.2) is 221 Å². The fraction of sp³-hybridized carbons (Fsp3) is 0.0492. The minimum atomic E-state index is -0.148. The van der Waals surface area contributed by atoms with Crippen LogP contribution in [-0.2, 0) is 5.41 Å². The third kappa shape index (κ3) is 5.54. The van der Waals surface area contributed by atoms with Crippen molar-refractivity contribution in [1.82, 2.24) is 0 Å². The Bertz CT molecular complexity index is 3840. The summed E-state index contributed by atoms with van der Waals surface area (Å²) in [6.45, 7) is 4.71. The molecule has 0 bridgehead atoms. The van der Waals surface area contributed by atoms with Crippen LogP contribution in [-0.4, -0.2) is 0 Å². The molecule has 0 aliphatic heterocycles. The van der Waals surface area contributed by atoms with Crippen LogP contribution in [0, 0.1) is 0 Å². The zero-order valence-corrected chi connectivity index (χ0v) is 35.5. The van der Waals surface area contributed by atoms with Crippen molar-refractivity contribution in [3.8, 4) is 44.5 Å². The van der Waals surface area contributed by atoms with E-state index in [1.54, 1.807) is 0 Å². The molecule has 0 N–H and O–H groups in total. The normalized spacial score (nSPS) is 13.0. The van der Waals surface area contributed by atoms with Gasteiger partial charge in [0.25, 0.3) is 0 Å². The predicted molar refractivity (Wildman–Crippen MR) is 267 cm³/mol. The number of rotatable bonds is 6. The average molecular weight is 820 g/mol. The van der Waals surface area contributed by atoms with Gasteiger partial charge in [-0.3, -0.25) is 0 Å². The molecule has 13 rings (SSSR count). The molecule has 3 heteroatoms. The monoisotopic (exact) mass is 819 g/mol. The van der Waals surface area contributed by atoms with Gasteiger partial charge in [0, 0.05) is 49.3 Å². The highest BCUT2D eigenvalue weighted by molar-refractivity contribution is 6.23. The highest BCUT2D eigenvalue weighted by atomic mass is 16.3. The summed E-state index contributed by atoms with van der Waals surface area (Å²) in [6, 6.07) is 76.9. The van der Waals surface area contributed by atoms with E-state index in [1.165, 1.54) is 38.6 Å². The van der Waals surface area contributed by atoms with Crippen LogP contribution in [0.5, 0.6) is 0 Å². The van der Waals surface area contributed by atoms with Crippen LogP contribution in [0.3, 0.4) is 0 Å². The molecule has 0 radical (unpaired) electrons. The first-order valence-corrected chi connectivity index (χ1v) is 22.1. The van der Waals surface area contributed by atoms with E-state index < -0.39 is 0 Å². The molecular weight excluding hydrogens is 779 g/mol. The summed E-state index contributed by atoms with van der Waals surface area (Å²) in [5, 5.41) is 6.93. The van der Waals surface area contributed by atoms with Crippen molar-refractivity contribution in [1.29, 1.82) is 0 Å². The van der Waals surface area contributed by atoms with E-state index in [1.807, 2.05) is 18.2 Å². The predicted octanol–water partition coefficient (Wildman–Crippen LogP) is 17.4. The summed E-state index contributed by atoms with van der Waals surface area (Å²) in [6.07, 6.45) is 0. The van der Waals surface area contributed by atoms with Gasteiger partial charge in [0.1, 0.15) is 22.3 Å². The fourth-order valence-electron chi connectivity index (χ4n) is 10.6. The van der Waals surface area contributed by atoms with E-state index in [0.717, 1.165) is 88.8 Å². The van der Waals surface area contributed by atoms with Gasteiger partial charge in [-0.1, -0.05) is 159 Å². The smallest absolute Gasteiger partial charge is 0.136 e. The lowest BCUT2D eigenvalue weighted by atomic mass is 9.82. The summed E-state index contributed by atoms with van der Waals surface area (Å²) in [7, 11) is 0. The molecule has 0 unspecified atom stereocenters. The van der Waals surface area contributed by atoms with Gasteiger partial charge < -0.3 is 13.7 Å². The molecule has 12 aromatic rings. The number of fused-ring (bicyclic) bond motifs is 11. The molecule has 0 atom stereocenters. The number of furan rings is 2. The maximum atomic E-state index is 6.41. The topological polar surface area (TPSA) is 29.5 Å². The van der Waals surface area contributed by atoms with Gasteiger partial charge in [-0.15, -0.1) is 0 Å². The second kappa shape index (κ2) is 13.9. The SMILES string of the molecule is CC1(C)c2ccccc2-c2c(N(c3cccc(-c4cccc(-c5ccc6oc7ccccc7c6c5)c4)c3)c3cccc(-c4cccc5ccc6oc7ccccc7c6c45)c3)cccc21. The van der Waals surface area contributed by atoms with Crippen molar-refractivity contribution in [2.24, 2.45) is 0 Å². The van der Waals surface area contributed by atoms with Crippen LogP contribution in [0.2, 0.25) is 0 Å². The molecule has 1 aliphatic carbocycles. The molecule has 10 aromatic carbocycles. The molecule has 1 aliphatic rings. The van der Waals surface area contributed by atoms with Gasteiger partial charge in [0.2, 0.25) is 0 Å². The van der Waals surface area contributed by atoms with Gasteiger partial charge in [-0.05, 0) is 122 Å². The van der Waals surface area contributed by atoms with E-state index in [9.17, 15) is 0 Å². The number of hydrogen-bond acceptors (Lipinski definition) is 3. The average Bonchev–Trinajstić information content (AvgIpc) is 3.99. The Labute approximate surface area is 371 Å². The molecule has 0 spiro atoms. The molecular formula is C61H41NO2. The van der Waals surface area contributed by atoms with Gasteiger partial charge in [-0.2, -0.15) is 0 Å². The lowest BCUT2D eigenvalue weighted by molar-refractivity contribution is 0.660. The van der Waals surface area contributed by atoms with Gasteiger partial charge in [0.05, 0.1) is 5.69 Å². The van der Waals surface area contributed by atoms with Gasteiger partial charge in [-0.25, -0.2) is 0 Å². The Morgan fingerprint density at radius 3 is 1.75 bits per heavy atom. The van der Waals surface area contributed by atoms with Crippen LogP contribution < -0.4 is 4.90 Å². The first kappa shape index (κ1) is 36.5. The van der Waals surface area contributed by atoms with Crippen LogP contribution in [0.4, 0.5) is 17.1 Å². The third-order valence-corrected chi connectivity index (χ3v) is 13.6. The first-order chi connectivity index (χ1) is 31.5. The van der Waals surface area contributed by atoms with Crippen LogP contribution >= 0.6 is 0 Å².